The number of unbranched alkanes of at least 4 members (excludes halogenated alkanes) is 21. The molecule has 0 aromatic rings. The fraction of sp³-hybridized carbons (Fsp3) is 0.796. The minimum atomic E-state index is -0.798. The molecule has 0 aromatic heterocycles. The summed E-state index contributed by atoms with van der Waals surface area (Å²) in [4.78, 5) is 26.0. The highest BCUT2D eigenvalue weighted by atomic mass is 16.5. The Morgan fingerprint density at radius 2 is 0.982 bits per heavy atom. The number of nitrogens with one attached hydrogen (secondary N) is 1. The average Bonchev–Trinajstić information content (AvgIpc) is 3.18. The lowest BCUT2D eigenvalue weighted by molar-refractivity contribution is -0.151. The van der Waals surface area contributed by atoms with Gasteiger partial charge in [0.1, 0.15) is 6.10 Å². The Balaban J connectivity index is 4.66. The quantitative estimate of drug-likeness (QED) is 0.0327. The number of carbonyl (C=O) groups excluding carboxylic acids is 2. The molecule has 0 heterocycles. The molecule has 0 saturated carbocycles. The monoisotopic (exact) mass is 772 g/mol. The van der Waals surface area contributed by atoms with Crippen LogP contribution in [0.2, 0.25) is 0 Å². The fourth-order valence-corrected chi connectivity index (χ4v) is 6.85. The maximum absolute atomic E-state index is 13.1. The van der Waals surface area contributed by atoms with Crippen molar-refractivity contribution in [2.24, 2.45) is 0 Å². The van der Waals surface area contributed by atoms with Gasteiger partial charge >= 0.3 is 5.97 Å². The Morgan fingerprint density at radius 1 is 0.545 bits per heavy atom. The van der Waals surface area contributed by atoms with E-state index in [1.54, 1.807) is 0 Å². The van der Waals surface area contributed by atoms with E-state index < -0.39 is 18.2 Å². The lowest BCUT2D eigenvalue weighted by Crippen LogP contribution is -2.46. The molecular formula is C49H89NO5. The Labute approximate surface area is 340 Å². The summed E-state index contributed by atoms with van der Waals surface area (Å²) in [5.41, 5.74) is 0. The SMILES string of the molecule is CC/C=C/C/C=C/C/C=C/CCCCC(CC(=O)NC(CO)C(O)CCCCCCCCCCCC)OC(=O)CCCCC/C=C\CCCCCCCCC. The first-order chi connectivity index (χ1) is 27.0. The molecule has 0 aromatic carbocycles. The molecule has 0 aliphatic rings. The molecule has 0 radical (unpaired) electrons. The molecule has 1 amide bonds. The van der Waals surface area contributed by atoms with Crippen LogP contribution < -0.4 is 5.32 Å². The van der Waals surface area contributed by atoms with Crippen LogP contribution >= 0.6 is 0 Å². The van der Waals surface area contributed by atoms with Gasteiger partial charge in [0, 0.05) is 6.42 Å². The second-order valence-electron chi connectivity index (χ2n) is 15.8. The van der Waals surface area contributed by atoms with Gasteiger partial charge in [0.05, 0.1) is 25.2 Å². The predicted octanol–water partition coefficient (Wildman–Crippen LogP) is 13.5. The summed E-state index contributed by atoms with van der Waals surface area (Å²) in [6.07, 6.45) is 50.3. The van der Waals surface area contributed by atoms with Crippen molar-refractivity contribution in [3.63, 3.8) is 0 Å². The summed E-state index contributed by atoms with van der Waals surface area (Å²) >= 11 is 0. The third kappa shape index (κ3) is 38.5. The number of allylic oxidation sites excluding steroid dienone is 8. The highest BCUT2D eigenvalue weighted by Crippen LogP contribution is 2.16. The number of aliphatic hydroxyl groups is 2. The lowest BCUT2D eigenvalue weighted by Gasteiger charge is -2.24. The number of hydrogen-bond acceptors (Lipinski definition) is 5. The zero-order valence-corrected chi connectivity index (χ0v) is 36.3. The largest absolute Gasteiger partial charge is 0.462 e. The normalized spacial score (nSPS) is 13.8. The van der Waals surface area contributed by atoms with Gasteiger partial charge in [-0.15, -0.1) is 0 Å². The molecular weight excluding hydrogens is 683 g/mol. The van der Waals surface area contributed by atoms with Crippen molar-refractivity contribution >= 4 is 11.9 Å². The van der Waals surface area contributed by atoms with Gasteiger partial charge in [-0.3, -0.25) is 9.59 Å². The number of esters is 1. The van der Waals surface area contributed by atoms with Crippen LogP contribution in [0.3, 0.4) is 0 Å². The van der Waals surface area contributed by atoms with Crippen LogP contribution in [0.25, 0.3) is 0 Å². The minimum Gasteiger partial charge on any atom is -0.462 e. The zero-order valence-electron chi connectivity index (χ0n) is 36.3. The number of aliphatic hydroxyl groups excluding tert-OH is 2. The van der Waals surface area contributed by atoms with E-state index in [4.69, 9.17) is 4.74 Å². The van der Waals surface area contributed by atoms with Crippen LogP contribution in [0.4, 0.5) is 0 Å². The molecule has 0 fully saturated rings. The van der Waals surface area contributed by atoms with Crippen LogP contribution in [-0.2, 0) is 14.3 Å². The summed E-state index contributed by atoms with van der Waals surface area (Å²) in [5, 5.41) is 23.6. The first-order valence-corrected chi connectivity index (χ1v) is 23.4. The average molecular weight is 772 g/mol. The zero-order chi connectivity index (χ0) is 40.3. The second-order valence-corrected chi connectivity index (χ2v) is 15.8. The van der Waals surface area contributed by atoms with Crippen molar-refractivity contribution < 1.29 is 24.5 Å². The lowest BCUT2D eigenvalue weighted by atomic mass is 10.0. The highest BCUT2D eigenvalue weighted by molar-refractivity contribution is 5.77. The molecule has 0 aliphatic heterocycles. The Kier molecular flexibility index (Phi) is 41.2. The third-order valence-electron chi connectivity index (χ3n) is 10.4. The number of carbonyl (C=O) groups is 2. The summed E-state index contributed by atoms with van der Waals surface area (Å²) in [7, 11) is 0. The molecule has 3 N–H and O–H groups in total. The topological polar surface area (TPSA) is 95.9 Å². The van der Waals surface area contributed by atoms with Crippen molar-refractivity contribution in [1.29, 1.82) is 0 Å². The van der Waals surface area contributed by atoms with E-state index in [9.17, 15) is 19.8 Å². The van der Waals surface area contributed by atoms with E-state index in [1.165, 1.54) is 89.9 Å². The smallest absolute Gasteiger partial charge is 0.306 e. The van der Waals surface area contributed by atoms with Gasteiger partial charge in [-0.25, -0.2) is 0 Å². The van der Waals surface area contributed by atoms with E-state index >= 15 is 0 Å². The van der Waals surface area contributed by atoms with Gasteiger partial charge in [0.15, 0.2) is 0 Å². The number of ether oxygens (including phenoxy) is 1. The molecule has 3 atom stereocenters. The van der Waals surface area contributed by atoms with E-state index in [0.717, 1.165) is 89.9 Å². The highest BCUT2D eigenvalue weighted by Gasteiger charge is 2.24. The first kappa shape index (κ1) is 52.8. The molecule has 0 aliphatic carbocycles. The standard InChI is InChI=1S/C49H89NO5/c1-4-7-10-13-16-19-22-24-25-27-30-33-36-39-42-49(54)55-45(40-37-34-31-28-26-23-20-17-14-11-8-5-2)43-48(53)50-46(44-51)47(52)41-38-35-32-29-21-18-15-12-9-6-3/h8,11,17,20,25-28,45-47,51-52H,4-7,9-10,12-16,18-19,21-24,29-44H2,1-3H3,(H,50,53)/b11-8+,20-17+,27-25-,28-26+. The van der Waals surface area contributed by atoms with Crippen LogP contribution in [0.1, 0.15) is 226 Å². The van der Waals surface area contributed by atoms with Crippen molar-refractivity contribution in [1.82, 2.24) is 5.32 Å². The predicted molar refractivity (Wildman–Crippen MR) is 236 cm³/mol. The molecule has 6 heteroatoms. The Morgan fingerprint density at radius 3 is 1.53 bits per heavy atom. The summed E-state index contributed by atoms with van der Waals surface area (Å²) in [6, 6.07) is -0.714. The fourth-order valence-electron chi connectivity index (χ4n) is 6.85. The van der Waals surface area contributed by atoms with Crippen molar-refractivity contribution in [2.75, 3.05) is 6.61 Å². The molecule has 320 valence electrons. The van der Waals surface area contributed by atoms with Crippen molar-refractivity contribution in [2.45, 2.75) is 244 Å². The van der Waals surface area contributed by atoms with Gasteiger partial charge < -0.3 is 20.3 Å². The van der Waals surface area contributed by atoms with Gasteiger partial charge in [-0.1, -0.05) is 179 Å². The van der Waals surface area contributed by atoms with E-state index in [-0.39, 0.29) is 24.9 Å². The van der Waals surface area contributed by atoms with Gasteiger partial charge in [0.2, 0.25) is 5.91 Å². The van der Waals surface area contributed by atoms with Crippen LogP contribution in [0.15, 0.2) is 48.6 Å². The van der Waals surface area contributed by atoms with Crippen LogP contribution in [-0.4, -0.2) is 46.9 Å². The van der Waals surface area contributed by atoms with Gasteiger partial charge in [-0.2, -0.15) is 0 Å². The Bertz CT molecular complexity index is 957. The van der Waals surface area contributed by atoms with E-state index in [2.05, 4.69) is 74.7 Å². The summed E-state index contributed by atoms with van der Waals surface area (Å²) in [6.45, 7) is 6.32. The van der Waals surface area contributed by atoms with E-state index in [0.29, 0.717) is 19.3 Å². The molecule has 0 rings (SSSR count). The summed E-state index contributed by atoms with van der Waals surface area (Å²) < 4.78 is 5.88. The number of amides is 1. The van der Waals surface area contributed by atoms with Crippen molar-refractivity contribution in [3.05, 3.63) is 48.6 Å². The van der Waals surface area contributed by atoms with Crippen LogP contribution in [0, 0.1) is 0 Å². The molecule has 0 spiro atoms. The molecule has 55 heavy (non-hydrogen) atoms. The third-order valence-corrected chi connectivity index (χ3v) is 10.4. The number of rotatable bonds is 41. The van der Waals surface area contributed by atoms with Gasteiger partial charge in [0.25, 0.3) is 0 Å². The molecule has 3 unspecified atom stereocenters. The minimum absolute atomic E-state index is 0.0455. The maximum atomic E-state index is 13.1. The van der Waals surface area contributed by atoms with Crippen LogP contribution in [0.5, 0.6) is 0 Å². The molecule has 0 bridgehead atoms. The number of hydrogen-bond donors (Lipinski definition) is 3. The molecule has 6 nitrogen and oxygen atoms in total. The Hall–Kier alpha value is -2.18. The maximum Gasteiger partial charge on any atom is 0.306 e. The summed E-state index contributed by atoms with van der Waals surface area (Å²) in [5.74, 6) is -0.532. The van der Waals surface area contributed by atoms with Crippen molar-refractivity contribution in [3.8, 4) is 0 Å². The second kappa shape index (κ2) is 43.0. The van der Waals surface area contributed by atoms with E-state index in [1.807, 2.05) is 0 Å². The van der Waals surface area contributed by atoms with Gasteiger partial charge in [-0.05, 0) is 83.5 Å². The molecule has 0 saturated heterocycles. The first-order valence-electron chi connectivity index (χ1n) is 23.4.